The molecule has 0 aromatic heterocycles. The number of carbonyl (C=O) groups excluding carboxylic acids is 1. The van der Waals surface area contributed by atoms with Gasteiger partial charge in [-0.05, 0) is 38.3 Å². The highest BCUT2D eigenvalue weighted by atomic mass is 16.5. The Kier molecular flexibility index (Phi) is 6.14. The number of guanidine groups is 1. The molecule has 6 nitrogen and oxygen atoms in total. The zero-order valence-electron chi connectivity index (χ0n) is 15.0. The summed E-state index contributed by atoms with van der Waals surface area (Å²) in [6.07, 6.45) is 5.87. The predicted octanol–water partition coefficient (Wildman–Crippen LogP) is 2.30. The maximum absolute atomic E-state index is 12.2. The molecule has 0 atom stereocenters. The Hall–Kier alpha value is -2.24. The van der Waals surface area contributed by atoms with Gasteiger partial charge in [-0.15, -0.1) is 0 Å². The van der Waals surface area contributed by atoms with Gasteiger partial charge in [-0.3, -0.25) is 9.79 Å². The van der Waals surface area contributed by atoms with E-state index in [1.165, 1.54) is 25.7 Å². The molecule has 1 aliphatic heterocycles. The Morgan fingerprint density at radius 1 is 1.32 bits per heavy atom. The molecule has 1 aromatic rings. The fraction of sp³-hybridized carbons (Fsp3) is 0.579. The van der Waals surface area contributed by atoms with Crippen molar-refractivity contribution < 1.29 is 9.53 Å². The number of benzene rings is 1. The van der Waals surface area contributed by atoms with Crippen molar-refractivity contribution in [1.82, 2.24) is 10.6 Å². The number of nitrogens with zero attached hydrogens (tertiary/aromatic N) is 2. The van der Waals surface area contributed by atoms with Crippen LogP contribution in [0.5, 0.6) is 5.75 Å². The molecule has 0 radical (unpaired) electrons. The Morgan fingerprint density at radius 2 is 2.12 bits per heavy atom. The van der Waals surface area contributed by atoms with Crippen molar-refractivity contribution in [3.63, 3.8) is 0 Å². The molecule has 0 unspecified atom stereocenters. The second kappa shape index (κ2) is 8.74. The van der Waals surface area contributed by atoms with Gasteiger partial charge in [0.15, 0.2) is 12.6 Å². The van der Waals surface area contributed by atoms with Gasteiger partial charge >= 0.3 is 0 Å². The van der Waals surface area contributed by atoms with Gasteiger partial charge in [0.25, 0.3) is 5.91 Å². The van der Waals surface area contributed by atoms with E-state index in [9.17, 15) is 4.79 Å². The molecule has 1 saturated carbocycles. The average molecular weight is 344 g/mol. The van der Waals surface area contributed by atoms with Crippen molar-refractivity contribution >= 4 is 17.6 Å². The maximum atomic E-state index is 12.2. The summed E-state index contributed by atoms with van der Waals surface area (Å²) in [5.41, 5.74) is 0.860. The van der Waals surface area contributed by atoms with Crippen LogP contribution in [0.15, 0.2) is 29.3 Å². The van der Waals surface area contributed by atoms with Crippen LogP contribution in [0.2, 0.25) is 0 Å². The Balaban J connectivity index is 1.53. The molecule has 1 aromatic carbocycles. The largest absolute Gasteiger partial charge is 0.482 e. The normalized spacial score (nSPS) is 18.0. The Bertz CT molecular complexity index is 611. The number of amides is 1. The molecule has 0 spiro atoms. The number of hydrogen-bond acceptors (Lipinski definition) is 3. The summed E-state index contributed by atoms with van der Waals surface area (Å²) in [4.78, 5) is 18.6. The first-order valence-electron chi connectivity index (χ1n) is 9.35. The van der Waals surface area contributed by atoms with Gasteiger partial charge in [0, 0.05) is 25.7 Å². The third kappa shape index (κ3) is 4.65. The lowest BCUT2D eigenvalue weighted by Crippen LogP contribution is -2.42. The van der Waals surface area contributed by atoms with Crippen molar-refractivity contribution in [3.8, 4) is 5.75 Å². The number of para-hydroxylation sites is 2. The van der Waals surface area contributed by atoms with Gasteiger partial charge in [-0.1, -0.05) is 25.0 Å². The van der Waals surface area contributed by atoms with Crippen LogP contribution in [-0.2, 0) is 4.79 Å². The molecule has 2 N–H and O–H groups in total. The minimum Gasteiger partial charge on any atom is -0.482 e. The SMILES string of the molecule is CCNC(=NCCCN1C(=O)COc2ccccc21)NC1CCCC1. The highest BCUT2D eigenvalue weighted by molar-refractivity contribution is 5.97. The number of nitrogens with one attached hydrogen (secondary N) is 2. The molecule has 25 heavy (non-hydrogen) atoms. The first-order chi connectivity index (χ1) is 12.3. The first kappa shape index (κ1) is 17.6. The number of hydrogen-bond donors (Lipinski definition) is 2. The molecule has 6 heteroatoms. The predicted molar refractivity (Wildman–Crippen MR) is 100 cm³/mol. The van der Waals surface area contributed by atoms with Gasteiger partial charge in [-0.25, -0.2) is 0 Å². The second-order valence-corrected chi connectivity index (χ2v) is 6.54. The van der Waals surface area contributed by atoms with Crippen molar-refractivity contribution in [3.05, 3.63) is 24.3 Å². The van der Waals surface area contributed by atoms with E-state index in [1.807, 2.05) is 29.2 Å². The molecule has 136 valence electrons. The van der Waals surface area contributed by atoms with E-state index in [1.54, 1.807) is 0 Å². The van der Waals surface area contributed by atoms with Crippen molar-refractivity contribution in [2.45, 2.75) is 45.1 Å². The third-order valence-electron chi connectivity index (χ3n) is 4.66. The first-order valence-corrected chi connectivity index (χ1v) is 9.35. The molecule has 1 fully saturated rings. The minimum absolute atomic E-state index is 0.0127. The number of fused-ring (bicyclic) bond motifs is 1. The number of rotatable bonds is 6. The highest BCUT2D eigenvalue weighted by Gasteiger charge is 2.24. The van der Waals surface area contributed by atoms with Crippen LogP contribution in [0.3, 0.4) is 0 Å². The van der Waals surface area contributed by atoms with E-state index in [0.29, 0.717) is 19.1 Å². The lowest BCUT2D eigenvalue weighted by Gasteiger charge is -2.29. The molecule has 1 heterocycles. The lowest BCUT2D eigenvalue weighted by atomic mass is 10.2. The van der Waals surface area contributed by atoms with Crippen LogP contribution in [0.25, 0.3) is 0 Å². The summed E-state index contributed by atoms with van der Waals surface area (Å²) >= 11 is 0. The lowest BCUT2D eigenvalue weighted by molar-refractivity contribution is -0.121. The summed E-state index contributed by atoms with van der Waals surface area (Å²) < 4.78 is 5.48. The summed E-state index contributed by atoms with van der Waals surface area (Å²) in [5.74, 6) is 1.68. The average Bonchev–Trinajstić information content (AvgIpc) is 3.13. The van der Waals surface area contributed by atoms with Crippen LogP contribution in [0.4, 0.5) is 5.69 Å². The number of ether oxygens (including phenoxy) is 1. The Morgan fingerprint density at radius 3 is 2.92 bits per heavy atom. The van der Waals surface area contributed by atoms with E-state index in [0.717, 1.165) is 30.4 Å². The standard InChI is InChI=1S/C19H28N4O2/c1-2-20-19(22-15-8-3-4-9-15)21-12-7-13-23-16-10-5-6-11-17(16)25-14-18(23)24/h5-6,10-11,15H,2-4,7-9,12-14H2,1H3,(H2,20,21,22). The molecule has 1 amide bonds. The van der Waals surface area contributed by atoms with E-state index in [-0.39, 0.29) is 12.5 Å². The van der Waals surface area contributed by atoms with E-state index in [4.69, 9.17) is 4.74 Å². The van der Waals surface area contributed by atoms with E-state index in [2.05, 4.69) is 22.5 Å². The molecule has 3 rings (SSSR count). The van der Waals surface area contributed by atoms with E-state index < -0.39 is 0 Å². The highest BCUT2D eigenvalue weighted by Crippen LogP contribution is 2.31. The van der Waals surface area contributed by atoms with Crippen LogP contribution < -0.4 is 20.3 Å². The van der Waals surface area contributed by atoms with Gasteiger partial charge in [-0.2, -0.15) is 0 Å². The summed E-state index contributed by atoms with van der Waals surface area (Å²) in [5, 5.41) is 6.83. The zero-order valence-corrected chi connectivity index (χ0v) is 15.0. The van der Waals surface area contributed by atoms with Crippen LogP contribution in [0.1, 0.15) is 39.0 Å². The summed E-state index contributed by atoms with van der Waals surface area (Å²) in [6.45, 7) is 4.40. The number of anilines is 1. The molecule has 0 bridgehead atoms. The summed E-state index contributed by atoms with van der Waals surface area (Å²) in [7, 11) is 0. The Labute approximate surface area is 149 Å². The smallest absolute Gasteiger partial charge is 0.265 e. The van der Waals surface area contributed by atoms with Crippen LogP contribution in [0, 0.1) is 0 Å². The zero-order chi connectivity index (χ0) is 17.5. The maximum Gasteiger partial charge on any atom is 0.265 e. The monoisotopic (exact) mass is 344 g/mol. The molecule has 0 saturated heterocycles. The second-order valence-electron chi connectivity index (χ2n) is 6.54. The fourth-order valence-electron chi connectivity index (χ4n) is 3.40. The number of aliphatic imine (C=N–C) groups is 1. The molecule has 2 aliphatic rings. The molecular weight excluding hydrogens is 316 g/mol. The molecule has 1 aliphatic carbocycles. The van der Waals surface area contributed by atoms with Gasteiger partial charge in [0.1, 0.15) is 5.75 Å². The van der Waals surface area contributed by atoms with Crippen molar-refractivity contribution in [2.24, 2.45) is 4.99 Å². The quantitative estimate of drug-likeness (QED) is 0.472. The summed E-state index contributed by atoms with van der Waals surface area (Å²) in [6, 6.07) is 8.24. The molecular formula is C19H28N4O2. The fourth-order valence-corrected chi connectivity index (χ4v) is 3.40. The van der Waals surface area contributed by atoms with Gasteiger partial charge < -0.3 is 20.3 Å². The van der Waals surface area contributed by atoms with E-state index >= 15 is 0 Å². The van der Waals surface area contributed by atoms with Crippen molar-refractivity contribution in [1.29, 1.82) is 0 Å². The minimum atomic E-state index is 0.0127. The number of carbonyl (C=O) groups is 1. The third-order valence-corrected chi connectivity index (χ3v) is 4.66. The van der Waals surface area contributed by atoms with Gasteiger partial charge in [0.05, 0.1) is 5.69 Å². The van der Waals surface area contributed by atoms with Crippen LogP contribution in [-0.4, -0.2) is 44.1 Å². The topological polar surface area (TPSA) is 66.0 Å². The van der Waals surface area contributed by atoms with Crippen LogP contribution >= 0.6 is 0 Å². The van der Waals surface area contributed by atoms with Gasteiger partial charge in [0.2, 0.25) is 0 Å². The van der Waals surface area contributed by atoms with Crippen molar-refractivity contribution in [2.75, 3.05) is 31.1 Å².